The molecule has 0 fully saturated rings. The summed E-state index contributed by atoms with van der Waals surface area (Å²) in [4.78, 5) is 27.3. The monoisotopic (exact) mass is 519 g/mol. The second-order valence-corrected chi connectivity index (χ2v) is 11.3. The summed E-state index contributed by atoms with van der Waals surface area (Å²) in [6.45, 7) is 6.53. The first-order chi connectivity index (χ1) is 17.7. The topological polar surface area (TPSA) is 95.6 Å². The molecule has 0 aliphatic carbocycles. The van der Waals surface area contributed by atoms with Crippen molar-refractivity contribution in [2.75, 3.05) is 16.8 Å². The van der Waals surface area contributed by atoms with E-state index in [-0.39, 0.29) is 17.2 Å². The van der Waals surface area contributed by atoms with Crippen LogP contribution in [0, 0.1) is 0 Å². The Kier molecular flexibility index (Phi) is 8.10. The van der Waals surface area contributed by atoms with Crippen LogP contribution in [0.4, 0.5) is 11.4 Å². The van der Waals surface area contributed by atoms with Crippen molar-refractivity contribution in [1.29, 1.82) is 0 Å². The molecule has 0 bridgehead atoms. The van der Waals surface area contributed by atoms with Crippen LogP contribution >= 0.6 is 0 Å². The predicted molar refractivity (Wildman–Crippen MR) is 146 cm³/mol. The Morgan fingerprint density at radius 3 is 2.32 bits per heavy atom. The van der Waals surface area contributed by atoms with Crippen molar-refractivity contribution in [3.05, 3.63) is 89.5 Å². The van der Waals surface area contributed by atoms with Gasteiger partial charge >= 0.3 is 0 Å². The standard InChI is InChI=1S/C29H33N3O4S/c1-4-28(33)32-17-16-23-19-25(14-15-27(23)32)37(35,36)31-26(18-21-8-6-5-7-9-21)29(34)30-24-12-10-22(11-13-24)20(2)3/h5-15,19-20,26,31H,4,16-18H2,1-3H3,(H,30,34). The van der Waals surface area contributed by atoms with Gasteiger partial charge in [0.05, 0.1) is 4.90 Å². The average molecular weight is 520 g/mol. The maximum absolute atomic E-state index is 13.4. The van der Waals surface area contributed by atoms with Gasteiger partial charge in [-0.3, -0.25) is 9.59 Å². The van der Waals surface area contributed by atoms with Crippen molar-refractivity contribution in [2.24, 2.45) is 0 Å². The summed E-state index contributed by atoms with van der Waals surface area (Å²) in [5, 5.41) is 2.86. The summed E-state index contributed by atoms with van der Waals surface area (Å²) in [6.07, 6.45) is 1.17. The molecule has 8 heteroatoms. The lowest BCUT2D eigenvalue weighted by Gasteiger charge is -2.20. The van der Waals surface area contributed by atoms with Gasteiger partial charge in [0.15, 0.2) is 0 Å². The number of nitrogens with one attached hydrogen (secondary N) is 2. The molecule has 0 aromatic heterocycles. The van der Waals surface area contributed by atoms with Crippen molar-refractivity contribution in [1.82, 2.24) is 4.72 Å². The molecule has 0 saturated carbocycles. The van der Waals surface area contributed by atoms with E-state index >= 15 is 0 Å². The van der Waals surface area contributed by atoms with E-state index in [1.807, 2.05) is 54.6 Å². The molecule has 0 radical (unpaired) electrons. The molecule has 1 atom stereocenters. The van der Waals surface area contributed by atoms with Crippen LogP contribution in [0.25, 0.3) is 0 Å². The molecule has 3 aromatic rings. The quantitative estimate of drug-likeness (QED) is 0.431. The Morgan fingerprint density at radius 2 is 1.68 bits per heavy atom. The average Bonchev–Trinajstić information content (AvgIpc) is 3.32. The summed E-state index contributed by atoms with van der Waals surface area (Å²) >= 11 is 0. The lowest BCUT2D eigenvalue weighted by atomic mass is 10.0. The number of rotatable bonds is 9. The van der Waals surface area contributed by atoms with Crippen LogP contribution in [-0.2, 0) is 32.5 Å². The SMILES string of the molecule is CCC(=O)N1CCc2cc(S(=O)(=O)NC(Cc3ccccc3)C(=O)Nc3ccc(C(C)C)cc3)ccc21. The van der Waals surface area contributed by atoms with E-state index in [4.69, 9.17) is 0 Å². The molecule has 0 saturated heterocycles. The zero-order chi connectivity index (χ0) is 26.6. The molecular weight excluding hydrogens is 486 g/mol. The number of amides is 2. The zero-order valence-electron chi connectivity index (χ0n) is 21.4. The van der Waals surface area contributed by atoms with Crippen LogP contribution in [0.3, 0.4) is 0 Å². The van der Waals surface area contributed by atoms with Gasteiger partial charge in [0.2, 0.25) is 21.8 Å². The van der Waals surface area contributed by atoms with Crippen LogP contribution in [-0.4, -0.2) is 32.8 Å². The molecule has 3 aromatic carbocycles. The third-order valence-electron chi connectivity index (χ3n) is 6.60. The summed E-state index contributed by atoms with van der Waals surface area (Å²) in [7, 11) is -4.01. The van der Waals surface area contributed by atoms with Crippen molar-refractivity contribution in [2.45, 2.75) is 56.9 Å². The van der Waals surface area contributed by atoms with Crippen LogP contribution in [0.5, 0.6) is 0 Å². The highest BCUT2D eigenvalue weighted by molar-refractivity contribution is 7.89. The molecule has 7 nitrogen and oxygen atoms in total. The second kappa shape index (κ2) is 11.3. The maximum atomic E-state index is 13.4. The van der Waals surface area contributed by atoms with Crippen molar-refractivity contribution in [3.8, 4) is 0 Å². The number of carbonyl (C=O) groups excluding carboxylic acids is 2. The normalized spacial score (nSPS) is 13.9. The third kappa shape index (κ3) is 6.26. The van der Waals surface area contributed by atoms with E-state index in [0.717, 1.165) is 22.4 Å². The molecular formula is C29H33N3O4S. The first kappa shape index (κ1) is 26.6. The number of hydrogen-bond acceptors (Lipinski definition) is 4. The maximum Gasteiger partial charge on any atom is 0.242 e. The summed E-state index contributed by atoms with van der Waals surface area (Å²) in [5.74, 6) is -0.0685. The van der Waals surface area contributed by atoms with Gasteiger partial charge in [-0.25, -0.2) is 8.42 Å². The fraction of sp³-hybridized carbons (Fsp3) is 0.310. The van der Waals surface area contributed by atoms with Crippen LogP contribution in [0.2, 0.25) is 0 Å². The molecule has 4 rings (SSSR count). The summed E-state index contributed by atoms with van der Waals surface area (Å²) < 4.78 is 29.4. The van der Waals surface area contributed by atoms with Crippen molar-refractivity contribution >= 4 is 33.2 Å². The van der Waals surface area contributed by atoms with Crippen LogP contribution in [0.1, 0.15) is 49.8 Å². The molecule has 2 N–H and O–H groups in total. The Hall–Kier alpha value is -3.49. The zero-order valence-corrected chi connectivity index (χ0v) is 22.2. The van der Waals surface area contributed by atoms with E-state index in [0.29, 0.717) is 31.0 Å². The molecule has 37 heavy (non-hydrogen) atoms. The molecule has 1 aliphatic heterocycles. The fourth-order valence-electron chi connectivity index (χ4n) is 4.47. The van der Waals surface area contributed by atoms with E-state index in [1.54, 1.807) is 24.0 Å². The number of fused-ring (bicyclic) bond motifs is 1. The van der Waals surface area contributed by atoms with Gasteiger partial charge in [-0.1, -0.05) is 63.2 Å². The number of carbonyl (C=O) groups is 2. The molecule has 1 heterocycles. The highest BCUT2D eigenvalue weighted by Gasteiger charge is 2.29. The summed E-state index contributed by atoms with van der Waals surface area (Å²) in [6, 6.07) is 20.6. The van der Waals surface area contributed by atoms with E-state index in [1.165, 1.54) is 6.07 Å². The minimum atomic E-state index is -4.01. The predicted octanol–water partition coefficient (Wildman–Crippen LogP) is 4.64. The van der Waals surface area contributed by atoms with Gasteiger partial charge in [0.1, 0.15) is 6.04 Å². The lowest BCUT2D eigenvalue weighted by molar-refractivity contribution is -0.118. The number of sulfonamides is 1. The molecule has 194 valence electrons. The smallest absolute Gasteiger partial charge is 0.242 e. The Balaban J connectivity index is 1.57. The van der Waals surface area contributed by atoms with E-state index in [9.17, 15) is 18.0 Å². The third-order valence-corrected chi connectivity index (χ3v) is 8.07. The first-order valence-electron chi connectivity index (χ1n) is 12.6. The molecule has 1 unspecified atom stereocenters. The minimum Gasteiger partial charge on any atom is -0.325 e. The number of anilines is 2. The molecule has 0 spiro atoms. The Labute approximate surface area is 218 Å². The van der Waals surface area contributed by atoms with Crippen LogP contribution in [0.15, 0.2) is 77.7 Å². The fourth-order valence-corrected chi connectivity index (χ4v) is 5.71. The lowest BCUT2D eigenvalue weighted by Crippen LogP contribution is -2.45. The van der Waals surface area contributed by atoms with E-state index in [2.05, 4.69) is 23.9 Å². The molecule has 1 aliphatic rings. The largest absolute Gasteiger partial charge is 0.325 e. The van der Waals surface area contributed by atoms with Crippen LogP contribution < -0.4 is 14.9 Å². The van der Waals surface area contributed by atoms with Gasteiger partial charge in [-0.15, -0.1) is 0 Å². The number of hydrogen-bond donors (Lipinski definition) is 2. The number of benzene rings is 3. The van der Waals surface area contributed by atoms with Gasteiger partial charge in [-0.05, 0) is 65.8 Å². The first-order valence-corrected chi connectivity index (χ1v) is 14.1. The second-order valence-electron chi connectivity index (χ2n) is 9.57. The Bertz CT molecular complexity index is 1370. The Morgan fingerprint density at radius 1 is 0.973 bits per heavy atom. The van der Waals surface area contributed by atoms with Gasteiger partial charge in [0, 0.05) is 24.3 Å². The highest BCUT2D eigenvalue weighted by atomic mass is 32.2. The highest BCUT2D eigenvalue weighted by Crippen LogP contribution is 2.31. The van der Waals surface area contributed by atoms with Gasteiger partial charge < -0.3 is 10.2 Å². The van der Waals surface area contributed by atoms with Crippen molar-refractivity contribution < 1.29 is 18.0 Å². The summed E-state index contributed by atoms with van der Waals surface area (Å²) in [5.41, 5.74) is 4.14. The minimum absolute atomic E-state index is 0.00788. The van der Waals surface area contributed by atoms with Crippen molar-refractivity contribution in [3.63, 3.8) is 0 Å². The van der Waals surface area contributed by atoms with Gasteiger partial charge in [0.25, 0.3) is 0 Å². The number of nitrogens with zero attached hydrogens (tertiary/aromatic N) is 1. The molecule has 2 amide bonds. The van der Waals surface area contributed by atoms with E-state index < -0.39 is 22.0 Å². The van der Waals surface area contributed by atoms with Gasteiger partial charge in [-0.2, -0.15) is 4.72 Å².